The Bertz CT molecular complexity index is 1770. The zero-order valence-corrected chi connectivity index (χ0v) is 26.7. The second-order valence-electron chi connectivity index (χ2n) is 10.6. The number of benzene rings is 4. The second kappa shape index (κ2) is 14.8. The van der Waals surface area contributed by atoms with Crippen molar-refractivity contribution in [3.05, 3.63) is 130 Å². The van der Waals surface area contributed by atoms with Gasteiger partial charge in [-0.15, -0.1) is 0 Å². The van der Waals surface area contributed by atoms with Crippen molar-refractivity contribution in [2.45, 2.75) is 43.9 Å². The van der Waals surface area contributed by atoms with Crippen molar-refractivity contribution in [1.82, 2.24) is 10.2 Å². The first-order valence-electron chi connectivity index (χ1n) is 14.4. The highest BCUT2D eigenvalue weighted by molar-refractivity contribution is 7.92. The number of hydrogen-bond donors (Lipinski definition) is 1. The molecule has 2 amide bonds. The van der Waals surface area contributed by atoms with E-state index in [1.165, 1.54) is 29.2 Å². The van der Waals surface area contributed by atoms with Crippen LogP contribution in [0.2, 0.25) is 5.02 Å². The Morgan fingerprint density at radius 2 is 1.50 bits per heavy atom. The van der Waals surface area contributed by atoms with Crippen LogP contribution in [0.5, 0.6) is 0 Å². The van der Waals surface area contributed by atoms with Crippen molar-refractivity contribution in [2.75, 3.05) is 17.4 Å². The van der Waals surface area contributed by atoms with Crippen LogP contribution in [0.3, 0.4) is 0 Å². The third kappa shape index (κ3) is 8.46. The minimum Gasteiger partial charge on any atom is -0.355 e. The van der Waals surface area contributed by atoms with Gasteiger partial charge in [0.1, 0.15) is 12.6 Å². The summed E-state index contributed by atoms with van der Waals surface area (Å²) in [6.07, 6.45) is -4.79. The number of aryl methyl sites for hydroxylation is 1. The van der Waals surface area contributed by atoms with E-state index in [9.17, 15) is 31.2 Å². The van der Waals surface area contributed by atoms with Crippen LogP contribution < -0.4 is 9.62 Å². The van der Waals surface area contributed by atoms with Gasteiger partial charge in [-0.2, -0.15) is 13.2 Å². The van der Waals surface area contributed by atoms with Crippen molar-refractivity contribution < 1.29 is 31.2 Å². The monoisotopic (exact) mass is 671 g/mol. The molecule has 242 valence electrons. The van der Waals surface area contributed by atoms with Gasteiger partial charge in [0.05, 0.1) is 21.2 Å². The molecule has 0 radical (unpaired) electrons. The smallest absolute Gasteiger partial charge is 0.355 e. The number of carbonyl (C=O) groups is 2. The Hall–Kier alpha value is -4.35. The minimum atomic E-state index is -4.89. The highest BCUT2D eigenvalue weighted by Crippen LogP contribution is 2.38. The van der Waals surface area contributed by atoms with Crippen molar-refractivity contribution >= 4 is 39.1 Å². The van der Waals surface area contributed by atoms with Gasteiger partial charge in [0.25, 0.3) is 10.0 Å². The number of alkyl halides is 3. The maximum absolute atomic E-state index is 14.4. The molecule has 0 unspecified atom stereocenters. The largest absolute Gasteiger partial charge is 0.417 e. The Labute approximate surface area is 271 Å². The second-order valence-corrected chi connectivity index (χ2v) is 12.9. The van der Waals surface area contributed by atoms with Gasteiger partial charge in [0, 0.05) is 19.5 Å². The lowest BCUT2D eigenvalue weighted by Gasteiger charge is -2.34. The average molecular weight is 672 g/mol. The third-order valence-electron chi connectivity index (χ3n) is 7.21. The number of halogens is 4. The zero-order valence-electron chi connectivity index (χ0n) is 25.2. The predicted octanol–water partition coefficient (Wildman–Crippen LogP) is 6.64. The Kier molecular flexibility index (Phi) is 11.1. The fraction of sp³-hybridized carbons (Fsp3) is 0.235. The van der Waals surface area contributed by atoms with Gasteiger partial charge in [0.15, 0.2) is 0 Å². The van der Waals surface area contributed by atoms with Gasteiger partial charge in [-0.1, -0.05) is 90.0 Å². The first-order valence-corrected chi connectivity index (χ1v) is 16.2. The van der Waals surface area contributed by atoms with Crippen molar-refractivity contribution in [1.29, 1.82) is 0 Å². The van der Waals surface area contributed by atoms with Crippen molar-refractivity contribution in [3.8, 4) is 0 Å². The first-order chi connectivity index (χ1) is 21.8. The molecule has 7 nitrogen and oxygen atoms in total. The van der Waals surface area contributed by atoms with E-state index in [0.717, 1.165) is 23.3 Å². The summed E-state index contributed by atoms with van der Waals surface area (Å²) in [5, 5.41) is 2.14. The van der Waals surface area contributed by atoms with E-state index in [1.807, 2.05) is 25.1 Å². The summed E-state index contributed by atoms with van der Waals surface area (Å²) in [6, 6.07) is 25.0. The number of rotatable bonds is 12. The fourth-order valence-electron chi connectivity index (χ4n) is 4.99. The van der Waals surface area contributed by atoms with Crippen LogP contribution in [0.4, 0.5) is 18.9 Å². The van der Waals surface area contributed by atoms with Crippen LogP contribution in [-0.4, -0.2) is 44.3 Å². The number of nitrogens with one attached hydrogen (secondary N) is 1. The van der Waals surface area contributed by atoms with E-state index in [4.69, 9.17) is 11.6 Å². The van der Waals surface area contributed by atoms with Crippen LogP contribution in [0, 0.1) is 6.92 Å². The van der Waals surface area contributed by atoms with E-state index >= 15 is 0 Å². The Morgan fingerprint density at radius 3 is 2.11 bits per heavy atom. The number of hydrogen-bond acceptors (Lipinski definition) is 4. The van der Waals surface area contributed by atoms with E-state index < -0.39 is 56.9 Å². The highest BCUT2D eigenvalue weighted by Gasteiger charge is 2.37. The number of sulfonamides is 1. The number of anilines is 1. The molecule has 4 aromatic rings. The molecule has 0 aliphatic rings. The SMILES string of the molecule is CCNC(=O)[C@@H](Cc1ccccc1)N(Cc1cccc(C)c1)C(=O)CN(c1ccc(Cl)c(C(F)(F)F)c1)S(=O)(=O)c1ccccc1. The number of nitrogens with zero attached hydrogens (tertiary/aromatic N) is 2. The highest BCUT2D eigenvalue weighted by atomic mass is 35.5. The number of carbonyl (C=O) groups excluding carboxylic acids is 2. The maximum Gasteiger partial charge on any atom is 0.417 e. The van der Waals surface area contributed by atoms with Gasteiger partial charge < -0.3 is 10.2 Å². The lowest BCUT2D eigenvalue weighted by atomic mass is 10.0. The van der Waals surface area contributed by atoms with Crippen LogP contribution in [0.1, 0.15) is 29.2 Å². The molecule has 0 heterocycles. The molecular formula is C34H33ClF3N3O4S. The third-order valence-corrected chi connectivity index (χ3v) is 9.33. The van der Waals surface area contributed by atoms with Gasteiger partial charge in [0.2, 0.25) is 11.8 Å². The lowest BCUT2D eigenvalue weighted by molar-refractivity contribution is -0.140. The summed E-state index contributed by atoms with van der Waals surface area (Å²) in [5.41, 5.74) is 0.660. The van der Waals surface area contributed by atoms with Crippen LogP contribution in [-0.2, 0) is 38.8 Å². The normalized spacial score (nSPS) is 12.3. The van der Waals surface area contributed by atoms with Gasteiger partial charge in [-0.05, 0) is 55.3 Å². The van der Waals surface area contributed by atoms with Crippen molar-refractivity contribution in [3.63, 3.8) is 0 Å². The fourth-order valence-corrected chi connectivity index (χ4v) is 6.64. The molecule has 0 saturated carbocycles. The predicted molar refractivity (Wildman–Crippen MR) is 172 cm³/mol. The summed E-state index contributed by atoms with van der Waals surface area (Å²) >= 11 is 5.85. The van der Waals surface area contributed by atoms with E-state index in [0.29, 0.717) is 15.9 Å². The first kappa shape index (κ1) is 34.5. The maximum atomic E-state index is 14.4. The van der Waals surface area contributed by atoms with Crippen molar-refractivity contribution in [2.24, 2.45) is 0 Å². The standard InChI is InChI=1S/C34H33ClF3N3O4S/c1-3-39-33(43)31(20-25-12-6-4-7-13-25)40(22-26-14-10-11-24(2)19-26)32(42)23-41(46(44,45)28-15-8-5-9-16-28)27-17-18-30(35)29(21-27)34(36,37)38/h4-19,21,31H,3,20,22-23H2,1-2H3,(H,39,43)/t31-/m1/s1. The molecule has 0 fully saturated rings. The molecule has 46 heavy (non-hydrogen) atoms. The molecule has 0 saturated heterocycles. The van der Waals surface area contributed by atoms with Crippen LogP contribution in [0.25, 0.3) is 0 Å². The van der Waals surface area contributed by atoms with E-state index in [1.54, 1.807) is 49.4 Å². The molecule has 0 spiro atoms. The molecule has 12 heteroatoms. The van der Waals surface area contributed by atoms with Gasteiger partial charge in [-0.25, -0.2) is 8.42 Å². The molecule has 4 rings (SSSR count). The molecule has 4 aromatic carbocycles. The van der Waals surface area contributed by atoms with Crippen LogP contribution in [0.15, 0.2) is 108 Å². The molecule has 1 atom stereocenters. The van der Waals surface area contributed by atoms with Gasteiger partial charge >= 0.3 is 6.18 Å². The zero-order chi connectivity index (χ0) is 33.5. The Balaban J connectivity index is 1.85. The molecule has 0 bridgehead atoms. The Morgan fingerprint density at radius 1 is 0.870 bits per heavy atom. The van der Waals surface area contributed by atoms with E-state index in [2.05, 4.69) is 5.32 Å². The molecule has 0 aromatic heterocycles. The molecular weight excluding hydrogens is 639 g/mol. The minimum absolute atomic E-state index is 0.0667. The summed E-state index contributed by atoms with van der Waals surface area (Å²) in [7, 11) is -4.58. The number of amides is 2. The van der Waals surface area contributed by atoms with E-state index in [-0.39, 0.29) is 24.4 Å². The quantitative estimate of drug-likeness (QED) is 0.183. The average Bonchev–Trinajstić information content (AvgIpc) is 3.02. The van der Waals surface area contributed by atoms with Crippen LogP contribution >= 0.6 is 11.6 Å². The summed E-state index contributed by atoms with van der Waals surface area (Å²) in [5.74, 6) is -1.26. The van der Waals surface area contributed by atoms with Gasteiger partial charge in [-0.3, -0.25) is 13.9 Å². The molecule has 1 N–H and O–H groups in total. The number of likely N-dealkylation sites (N-methyl/N-ethyl adjacent to an activating group) is 1. The molecule has 0 aliphatic heterocycles. The summed E-state index contributed by atoms with van der Waals surface area (Å²) in [4.78, 5) is 29.0. The lowest BCUT2D eigenvalue weighted by Crippen LogP contribution is -2.53. The topological polar surface area (TPSA) is 86.8 Å². The summed E-state index contributed by atoms with van der Waals surface area (Å²) in [6.45, 7) is 2.91. The molecule has 0 aliphatic carbocycles. The summed E-state index contributed by atoms with van der Waals surface area (Å²) < 4.78 is 70.3.